The molecule has 0 saturated heterocycles. The van der Waals surface area contributed by atoms with E-state index in [2.05, 4.69) is 0 Å². The van der Waals surface area contributed by atoms with Crippen LogP contribution in [0.5, 0.6) is 0 Å². The van der Waals surface area contributed by atoms with Crippen molar-refractivity contribution >= 4 is 17.5 Å². The molecule has 0 N–H and O–H groups in total. The summed E-state index contributed by atoms with van der Waals surface area (Å²) in [5.74, 6) is -0.645. The summed E-state index contributed by atoms with van der Waals surface area (Å²) in [6.45, 7) is 0.704. The van der Waals surface area contributed by atoms with Crippen molar-refractivity contribution in [1.82, 2.24) is 4.90 Å². The number of hydrogen-bond donors (Lipinski definition) is 0. The SMILES string of the molecule is CCCCN(CC(F)(F)F)C(=O)c1cccc(Cl)c1. The van der Waals surface area contributed by atoms with Gasteiger partial charge in [0.2, 0.25) is 0 Å². The molecule has 0 radical (unpaired) electrons. The van der Waals surface area contributed by atoms with Crippen molar-refractivity contribution in [3.63, 3.8) is 0 Å². The normalized spacial score (nSPS) is 11.4. The van der Waals surface area contributed by atoms with Crippen LogP contribution in [-0.2, 0) is 0 Å². The lowest BCUT2D eigenvalue weighted by atomic mass is 10.2. The van der Waals surface area contributed by atoms with Crippen LogP contribution in [0.2, 0.25) is 5.02 Å². The second-order valence-electron chi connectivity index (χ2n) is 4.21. The maximum atomic E-state index is 12.5. The van der Waals surface area contributed by atoms with Crippen LogP contribution in [0.1, 0.15) is 30.1 Å². The van der Waals surface area contributed by atoms with Gasteiger partial charge in [0.15, 0.2) is 0 Å². The number of benzene rings is 1. The highest BCUT2D eigenvalue weighted by atomic mass is 35.5. The molecule has 2 nitrogen and oxygen atoms in total. The molecule has 1 amide bonds. The Labute approximate surface area is 115 Å². The Kier molecular flexibility index (Phi) is 5.66. The maximum absolute atomic E-state index is 12.5. The van der Waals surface area contributed by atoms with Gasteiger partial charge in [0.1, 0.15) is 6.54 Å². The standard InChI is InChI=1S/C13H15ClF3NO/c1-2-3-7-18(9-13(15,16)17)12(19)10-5-4-6-11(14)8-10/h4-6,8H,2-3,7,9H2,1H3. The molecule has 0 atom stereocenters. The van der Waals surface area contributed by atoms with E-state index in [0.29, 0.717) is 11.4 Å². The minimum absolute atomic E-state index is 0.0847. The number of carbonyl (C=O) groups is 1. The van der Waals surface area contributed by atoms with Gasteiger partial charge in [-0.05, 0) is 24.6 Å². The van der Waals surface area contributed by atoms with Gasteiger partial charge in [0.25, 0.3) is 5.91 Å². The Bertz CT molecular complexity index is 434. The van der Waals surface area contributed by atoms with Crippen molar-refractivity contribution < 1.29 is 18.0 Å². The van der Waals surface area contributed by atoms with Gasteiger partial charge in [-0.1, -0.05) is 31.0 Å². The highest BCUT2D eigenvalue weighted by molar-refractivity contribution is 6.30. The summed E-state index contributed by atoms with van der Waals surface area (Å²) in [4.78, 5) is 12.9. The summed E-state index contributed by atoms with van der Waals surface area (Å²) < 4.78 is 37.4. The van der Waals surface area contributed by atoms with Gasteiger partial charge in [-0.15, -0.1) is 0 Å². The number of nitrogens with zero attached hydrogens (tertiary/aromatic N) is 1. The molecule has 0 spiro atoms. The molecule has 106 valence electrons. The number of unbranched alkanes of at least 4 members (excludes halogenated alkanes) is 1. The smallest absolute Gasteiger partial charge is 0.330 e. The van der Waals surface area contributed by atoms with Crippen molar-refractivity contribution in [2.75, 3.05) is 13.1 Å². The number of alkyl halides is 3. The molecule has 1 aromatic rings. The Morgan fingerprint density at radius 1 is 1.37 bits per heavy atom. The molecule has 0 aromatic heterocycles. The Hall–Kier alpha value is -1.23. The molecule has 6 heteroatoms. The lowest BCUT2D eigenvalue weighted by Gasteiger charge is -2.24. The first-order valence-corrected chi connectivity index (χ1v) is 6.33. The van der Waals surface area contributed by atoms with Gasteiger partial charge in [-0.25, -0.2) is 0 Å². The second kappa shape index (κ2) is 6.80. The van der Waals surface area contributed by atoms with E-state index in [9.17, 15) is 18.0 Å². The summed E-state index contributed by atoms with van der Waals surface area (Å²) in [6.07, 6.45) is -3.15. The molecule has 1 rings (SSSR count). The van der Waals surface area contributed by atoms with Gasteiger partial charge in [0.05, 0.1) is 0 Å². The molecule has 0 aliphatic carbocycles. The van der Waals surface area contributed by atoms with Gasteiger partial charge in [-0.2, -0.15) is 13.2 Å². The molecule has 0 fully saturated rings. The van der Waals surface area contributed by atoms with Gasteiger partial charge in [0, 0.05) is 17.1 Å². The van der Waals surface area contributed by atoms with Gasteiger partial charge in [-0.3, -0.25) is 4.79 Å². The molecule has 19 heavy (non-hydrogen) atoms. The third-order valence-electron chi connectivity index (χ3n) is 2.51. The topological polar surface area (TPSA) is 20.3 Å². The number of hydrogen-bond acceptors (Lipinski definition) is 1. The summed E-state index contributed by atoms with van der Waals surface area (Å²) in [5, 5.41) is 0.327. The van der Waals surface area contributed by atoms with E-state index in [1.54, 1.807) is 12.1 Å². The van der Waals surface area contributed by atoms with Crippen LogP contribution in [-0.4, -0.2) is 30.1 Å². The van der Waals surface area contributed by atoms with Crippen LogP contribution in [0, 0.1) is 0 Å². The highest BCUT2D eigenvalue weighted by Crippen LogP contribution is 2.19. The van der Waals surface area contributed by atoms with Crippen LogP contribution >= 0.6 is 11.6 Å². The predicted octanol–water partition coefficient (Wildman–Crippen LogP) is 4.14. The van der Waals surface area contributed by atoms with E-state index in [1.165, 1.54) is 12.1 Å². The first kappa shape index (κ1) is 15.8. The van der Waals surface area contributed by atoms with E-state index in [4.69, 9.17) is 11.6 Å². The Morgan fingerprint density at radius 3 is 2.58 bits per heavy atom. The van der Waals surface area contributed by atoms with Gasteiger partial charge >= 0.3 is 6.18 Å². The quantitative estimate of drug-likeness (QED) is 0.799. The van der Waals surface area contributed by atoms with Crippen LogP contribution < -0.4 is 0 Å². The fourth-order valence-corrected chi connectivity index (χ4v) is 1.81. The van der Waals surface area contributed by atoms with Crippen molar-refractivity contribution in [3.8, 4) is 0 Å². The zero-order valence-corrected chi connectivity index (χ0v) is 11.3. The van der Waals surface area contributed by atoms with Crippen LogP contribution in [0.3, 0.4) is 0 Å². The monoisotopic (exact) mass is 293 g/mol. The zero-order chi connectivity index (χ0) is 14.5. The first-order chi connectivity index (χ1) is 8.83. The number of halogens is 4. The molecular formula is C13H15ClF3NO. The van der Waals surface area contributed by atoms with E-state index in [-0.39, 0.29) is 12.1 Å². The van der Waals surface area contributed by atoms with Crippen molar-refractivity contribution in [2.24, 2.45) is 0 Å². The lowest BCUT2D eigenvalue weighted by molar-refractivity contribution is -0.140. The average molecular weight is 294 g/mol. The van der Waals surface area contributed by atoms with Crippen LogP contribution in [0.4, 0.5) is 13.2 Å². The molecule has 0 saturated carbocycles. The third kappa shape index (κ3) is 5.51. The third-order valence-corrected chi connectivity index (χ3v) is 2.75. The molecule has 0 unspecified atom stereocenters. The van der Waals surface area contributed by atoms with Crippen LogP contribution in [0.25, 0.3) is 0 Å². The van der Waals surface area contributed by atoms with Gasteiger partial charge < -0.3 is 4.90 Å². The highest BCUT2D eigenvalue weighted by Gasteiger charge is 2.33. The van der Waals surface area contributed by atoms with E-state index < -0.39 is 18.6 Å². The van der Waals surface area contributed by atoms with E-state index in [1.807, 2.05) is 6.92 Å². The molecule has 0 aliphatic heterocycles. The second-order valence-corrected chi connectivity index (χ2v) is 4.64. The summed E-state index contributed by atoms with van der Waals surface area (Å²) in [6, 6.07) is 5.95. The van der Waals surface area contributed by atoms with E-state index >= 15 is 0 Å². The molecule has 0 aliphatic rings. The fraction of sp³-hybridized carbons (Fsp3) is 0.462. The molecule has 1 aromatic carbocycles. The Morgan fingerprint density at radius 2 is 2.05 bits per heavy atom. The Balaban J connectivity index is 2.87. The minimum atomic E-state index is -4.40. The summed E-state index contributed by atoms with van der Waals surface area (Å²) in [5.41, 5.74) is 0.174. The number of amides is 1. The molecular weight excluding hydrogens is 279 g/mol. The number of rotatable bonds is 5. The van der Waals surface area contributed by atoms with Crippen molar-refractivity contribution in [2.45, 2.75) is 25.9 Å². The minimum Gasteiger partial charge on any atom is -0.330 e. The maximum Gasteiger partial charge on any atom is 0.406 e. The molecule has 0 heterocycles. The van der Waals surface area contributed by atoms with E-state index in [0.717, 1.165) is 11.3 Å². The van der Waals surface area contributed by atoms with Crippen LogP contribution in [0.15, 0.2) is 24.3 Å². The average Bonchev–Trinajstić information content (AvgIpc) is 2.32. The summed E-state index contributed by atoms with van der Waals surface area (Å²) in [7, 11) is 0. The van der Waals surface area contributed by atoms with Crippen molar-refractivity contribution in [3.05, 3.63) is 34.9 Å². The summed E-state index contributed by atoms with van der Waals surface area (Å²) >= 11 is 5.74. The van der Waals surface area contributed by atoms with Crippen molar-refractivity contribution in [1.29, 1.82) is 0 Å². The largest absolute Gasteiger partial charge is 0.406 e. The zero-order valence-electron chi connectivity index (χ0n) is 10.5. The number of carbonyl (C=O) groups excluding carboxylic acids is 1. The lowest BCUT2D eigenvalue weighted by Crippen LogP contribution is -2.39. The first-order valence-electron chi connectivity index (χ1n) is 5.95. The fourth-order valence-electron chi connectivity index (χ4n) is 1.62. The molecule has 0 bridgehead atoms. The predicted molar refractivity (Wildman–Crippen MR) is 68.3 cm³/mol.